The average molecular weight is 353 g/mol. The Bertz CT molecular complexity index is 603. The monoisotopic (exact) mass is 352 g/mol. The Morgan fingerprint density at radius 1 is 1.08 bits per heavy atom. The lowest BCUT2D eigenvalue weighted by molar-refractivity contribution is -0.129. The van der Waals surface area contributed by atoms with E-state index in [4.69, 9.17) is 11.6 Å². The molecule has 8 heteroatoms. The number of urea groups is 1. The molecule has 0 unspecified atom stereocenters. The van der Waals surface area contributed by atoms with Crippen LogP contribution in [-0.4, -0.2) is 24.4 Å². The molecule has 130 valence electrons. The number of amides is 4. The first-order chi connectivity index (χ1) is 11.5. The predicted octanol–water partition coefficient (Wildman–Crippen LogP) is 2.19. The highest BCUT2D eigenvalue weighted by atomic mass is 35.5. The molecule has 1 aromatic rings. The molecule has 1 aromatic carbocycles. The smallest absolute Gasteiger partial charge is 0.337 e. The summed E-state index contributed by atoms with van der Waals surface area (Å²) in [6.07, 6.45) is 5.00. The highest BCUT2D eigenvalue weighted by Crippen LogP contribution is 2.23. The Kier molecular flexibility index (Phi) is 6.87. The number of nitrogens with one attached hydrogen (secondary N) is 4. The van der Waals surface area contributed by atoms with E-state index < -0.39 is 11.9 Å². The summed E-state index contributed by atoms with van der Waals surface area (Å²) in [5.74, 6) is -0.612. The molecule has 1 aliphatic carbocycles. The van der Waals surface area contributed by atoms with Crippen molar-refractivity contribution in [3.8, 4) is 0 Å². The summed E-state index contributed by atoms with van der Waals surface area (Å²) in [5, 5.41) is 5.60. The van der Waals surface area contributed by atoms with Gasteiger partial charge < -0.3 is 10.6 Å². The quantitative estimate of drug-likeness (QED) is 0.625. The highest BCUT2D eigenvalue weighted by Gasteiger charge is 2.21. The first-order valence-electron chi connectivity index (χ1n) is 7.94. The molecule has 4 amide bonds. The number of benzene rings is 1. The second-order valence-corrected chi connectivity index (χ2v) is 6.13. The summed E-state index contributed by atoms with van der Waals surface area (Å²) in [6, 6.07) is 6.01. The molecule has 0 aromatic heterocycles. The number of hydrogen-bond acceptors (Lipinski definition) is 3. The van der Waals surface area contributed by atoms with E-state index in [2.05, 4.69) is 21.5 Å². The zero-order chi connectivity index (χ0) is 17.4. The number of hydrazine groups is 1. The Hall–Kier alpha value is -2.28. The highest BCUT2D eigenvalue weighted by molar-refractivity contribution is 6.30. The minimum absolute atomic E-state index is 0.00867. The van der Waals surface area contributed by atoms with Crippen LogP contribution < -0.4 is 21.5 Å². The number of halogens is 1. The van der Waals surface area contributed by atoms with Crippen molar-refractivity contribution in [2.75, 3.05) is 11.9 Å². The van der Waals surface area contributed by atoms with Crippen molar-refractivity contribution in [1.29, 1.82) is 0 Å². The van der Waals surface area contributed by atoms with E-state index in [1.54, 1.807) is 24.3 Å². The third kappa shape index (κ3) is 6.08. The molecule has 0 atom stereocenters. The second kappa shape index (κ2) is 9.12. The van der Waals surface area contributed by atoms with Gasteiger partial charge in [0.1, 0.15) is 0 Å². The molecule has 1 fully saturated rings. The van der Waals surface area contributed by atoms with E-state index in [9.17, 15) is 14.4 Å². The van der Waals surface area contributed by atoms with Gasteiger partial charge in [0.15, 0.2) is 0 Å². The summed E-state index contributed by atoms with van der Waals surface area (Å²) in [5.41, 5.74) is 4.94. The molecule has 1 saturated carbocycles. The Labute approximate surface area is 145 Å². The Balaban J connectivity index is 1.65. The number of carbonyl (C=O) groups excluding carboxylic acids is 3. The fourth-order valence-corrected chi connectivity index (χ4v) is 2.77. The fourth-order valence-electron chi connectivity index (χ4n) is 2.58. The zero-order valence-corrected chi connectivity index (χ0v) is 14.0. The topological polar surface area (TPSA) is 99.3 Å². The van der Waals surface area contributed by atoms with Crippen molar-refractivity contribution in [2.45, 2.75) is 32.1 Å². The van der Waals surface area contributed by atoms with Crippen molar-refractivity contribution in [1.82, 2.24) is 16.2 Å². The number of carbonyl (C=O) groups is 3. The van der Waals surface area contributed by atoms with Gasteiger partial charge in [-0.1, -0.05) is 36.9 Å². The molecule has 1 aliphatic rings. The van der Waals surface area contributed by atoms with Gasteiger partial charge in [0.05, 0.1) is 6.54 Å². The van der Waals surface area contributed by atoms with E-state index in [-0.39, 0.29) is 18.4 Å². The SMILES string of the molecule is O=C(CNC(=O)C1CCCCC1)NNC(=O)Nc1cccc(Cl)c1. The maximum atomic E-state index is 11.9. The van der Waals surface area contributed by atoms with Crippen LogP contribution in [0.2, 0.25) is 5.02 Å². The van der Waals surface area contributed by atoms with Gasteiger partial charge in [-0.2, -0.15) is 0 Å². The van der Waals surface area contributed by atoms with Gasteiger partial charge in [0, 0.05) is 16.6 Å². The van der Waals surface area contributed by atoms with Crippen LogP contribution in [0.25, 0.3) is 0 Å². The maximum Gasteiger partial charge on any atom is 0.337 e. The average Bonchev–Trinajstić information content (AvgIpc) is 2.58. The van der Waals surface area contributed by atoms with E-state index >= 15 is 0 Å². The molecule has 4 N–H and O–H groups in total. The molecule has 0 heterocycles. The van der Waals surface area contributed by atoms with Crippen LogP contribution in [0, 0.1) is 5.92 Å². The number of rotatable bonds is 4. The fraction of sp³-hybridized carbons (Fsp3) is 0.438. The third-order valence-corrected chi connectivity index (χ3v) is 4.03. The van der Waals surface area contributed by atoms with Gasteiger partial charge >= 0.3 is 6.03 Å². The first kappa shape index (κ1) is 18.1. The van der Waals surface area contributed by atoms with Crippen LogP contribution >= 0.6 is 11.6 Å². The predicted molar refractivity (Wildman–Crippen MR) is 91.3 cm³/mol. The molecule has 7 nitrogen and oxygen atoms in total. The standard InChI is InChI=1S/C16H21ClN4O3/c17-12-7-4-8-13(9-12)19-16(24)21-20-14(22)10-18-15(23)11-5-2-1-3-6-11/h4,7-9,11H,1-3,5-6,10H2,(H,18,23)(H,20,22)(H2,19,21,24). The van der Waals surface area contributed by atoms with Gasteiger partial charge in [-0.05, 0) is 31.0 Å². The van der Waals surface area contributed by atoms with Gasteiger partial charge in [-0.3, -0.25) is 15.0 Å². The first-order valence-corrected chi connectivity index (χ1v) is 8.31. The molecular formula is C16H21ClN4O3. The molecule has 0 saturated heterocycles. The summed E-state index contributed by atoms with van der Waals surface area (Å²) in [6.45, 7) is -0.174. The second-order valence-electron chi connectivity index (χ2n) is 5.69. The van der Waals surface area contributed by atoms with Gasteiger partial charge in [-0.15, -0.1) is 0 Å². The van der Waals surface area contributed by atoms with Crippen LogP contribution in [0.5, 0.6) is 0 Å². The summed E-state index contributed by atoms with van der Waals surface area (Å²) in [7, 11) is 0. The van der Waals surface area contributed by atoms with Crippen LogP contribution in [0.3, 0.4) is 0 Å². The third-order valence-electron chi connectivity index (χ3n) is 3.80. The molecule has 24 heavy (non-hydrogen) atoms. The summed E-state index contributed by atoms with van der Waals surface area (Å²) >= 11 is 5.81. The van der Waals surface area contributed by atoms with Crippen molar-refractivity contribution < 1.29 is 14.4 Å². The summed E-state index contributed by atoms with van der Waals surface area (Å²) < 4.78 is 0. The van der Waals surface area contributed by atoms with Crippen LogP contribution in [-0.2, 0) is 9.59 Å². The molecule has 0 aliphatic heterocycles. The largest absolute Gasteiger partial charge is 0.347 e. The van der Waals surface area contributed by atoms with Gasteiger partial charge in [-0.25, -0.2) is 10.2 Å². The lowest BCUT2D eigenvalue weighted by Crippen LogP contribution is -2.48. The maximum absolute atomic E-state index is 11.9. The molecule has 0 spiro atoms. The Morgan fingerprint density at radius 3 is 2.54 bits per heavy atom. The van der Waals surface area contributed by atoms with Crippen LogP contribution in [0.4, 0.5) is 10.5 Å². The van der Waals surface area contributed by atoms with Crippen molar-refractivity contribution in [3.05, 3.63) is 29.3 Å². The number of anilines is 1. The zero-order valence-electron chi connectivity index (χ0n) is 13.2. The lowest BCUT2D eigenvalue weighted by Gasteiger charge is -2.20. The van der Waals surface area contributed by atoms with Gasteiger partial charge in [0.25, 0.3) is 5.91 Å². The van der Waals surface area contributed by atoms with E-state index in [0.29, 0.717) is 10.7 Å². The normalized spacial score (nSPS) is 14.5. The van der Waals surface area contributed by atoms with E-state index in [1.165, 1.54) is 0 Å². The lowest BCUT2D eigenvalue weighted by atomic mass is 9.89. The molecular weight excluding hydrogens is 332 g/mol. The van der Waals surface area contributed by atoms with Crippen LogP contribution in [0.1, 0.15) is 32.1 Å². The van der Waals surface area contributed by atoms with E-state index in [1.807, 2.05) is 0 Å². The minimum Gasteiger partial charge on any atom is -0.347 e. The Morgan fingerprint density at radius 2 is 1.83 bits per heavy atom. The van der Waals surface area contributed by atoms with E-state index in [0.717, 1.165) is 32.1 Å². The number of hydrogen-bond donors (Lipinski definition) is 4. The van der Waals surface area contributed by atoms with Crippen molar-refractivity contribution in [3.63, 3.8) is 0 Å². The van der Waals surface area contributed by atoms with Crippen molar-refractivity contribution in [2.24, 2.45) is 5.92 Å². The summed E-state index contributed by atoms with van der Waals surface area (Å²) in [4.78, 5) is 35.2. The van der Waals surface area contributed by atoms with Crippen LogP contribution in [0.15, 0.2) is 24.3 Å². The molecule has 0 bridgehead atoms. The van der Waals surface area contributed by atoms with Gasteiger partial charge in [0.2, 0.25) is 5.91 Å². The van der Waals surface area contributed by atoms with Crippen molar-refractivity contribution >= 4 is 35.1 Å². The minimum atomic E-state index is -0.607. The molecule has 2 rings (SSSR count). The molecule has 0 radical (unpaired) electrons.